The van der Waals surface area contributed by atoms with Crippen LogP contribution in [0.5, 0.6) is 11.5 Å². The van der Waals surface area contributed by atoms with Crippen molar-refractivity contribution in [2.24, 2.45) is 11.8 Å². The third-order valence-electron chi connectivity index (χ3n) is 12.8. The zero-order valence-electron chi connectivity index (χ0n) is 31.1. The Bertz CT molecular complexity index is 1990. The van der Waals surface area contributed by atoms with Gasteiger partial charge in [0.15, 0.2) is 0 Å². The summed E-state index contributed by atoms with van der Waals surface area (Å²) in [4.78, 5) is 0. The maximum Gasteiger partial charge on any atom is 0.124 e. The van der Waals surface area contributed by atoms with Gasteiger partial charge in [-0.2, -0.15) is 0 Å². The summed E-state index contributed by atoms with van der Waals surface area (Å²) >= 11 is 0. The smallest absolute Gasteiger partial charge is 0.124 e. The van der Waals surface area contributed by atoms with E-state index >= 15 is 0 Å². The Morgan fingerprint density at radius 3 is 1.15 bits per heavy atom. The second-order valence-electron chi connectivity index (χ2n) is 16.0. The molecular weight excluding hydrogens is 633 g/mol. The van der Waals surface area contributed by atoms with Gasteiger partial charge in [0.05, 0.1) is 0 Å². The predicted molar refractivity (Wildman–Crippen MR) is 220 cm³/mol. The summed E-state index contributed by atoms with van der Waals surface area (Å²) in [7, 11) is 0. The molecule has 2 heteroatoms. The largest absolute Gasteiger partial charge is 0.507 e. The van der Waals surface area contributed by atoms with Crippen LogP contribution < -0.4 is 0 Å². The second kappa shape index (κ2) is 15.2. The molecule has 8 rings (SSSR count). The van der Waals surface area contributed by atoms with E-state index in [9.17, 15) is 10.2 Å². The molecule has 52 heavy (non-hydrogen) atoms. The fraction of sp³-hybridized carbons (Fsp3) is 0.360. The van der Waals surface area contributed by atoms with Crippen LogP contribution in [0.25, 0.3) is 54.9 Å². The number of fused-ring (bicyclic) bond motifs is 2. The maximum atomic E-state index is 11.3. The third-order valence-corrected chi connectivity index (χ3v) is 12.8. The quantitative estimate of drug-likeness (QED) is 0.159. The Kier molecular flexibility index (Phi) is 10.1. The Labute approximate surface area is 310 Å². The topological polar surface area (TPSA) is 40.5 Å². The van der Waals surface area contributed by atoms with E-state index in [2.05, 4.69) is 98.8 Å². The molecule has 266 valence electrons. The Balaban J connectivity index is 1.05. The van der Waals surface area contributed by atoms with Crippen LogP contribution in [0.15, 0.2) is 109 Å². The van der Waals surface area contributed by atoms with Crippen LogP contribution in [0, 0.1) is 11.8 Å². The SMILES string of the molecule is CCC[C@H]1CC[C@H](c2ccc(-c3ccc4c(-c5c(O)ccc6cc(-c7ccc([C@H]8CC[C@H](CCC)CC8)cc7)ccc56)c(O)ccc4c3)cc2)CC1. The summed E-state index contributed by atoms with van der Waals surface area (Å²) in [5.41, 5.74) is 9.00. The van der Waals surface area contributed by atoms with Crippen molar-refractivity contribution < 1.29 is 10.2 Å². The molecule has 6 aromatic rings. The van der Waals surface area contributed by atoms with E-state index in [1.807, 2.05) is 12.1 Å². The van der Waals surface area contributed by atoms with E-state index in [1.165, 1.54) is 99.3 Å². The minimum absolute atomic E-state index is 0.171. The lowest BCUT2D eigenvalue weighted by atomic mass is 9.77. The lowest BCUT2D eigenvalue weighted by Gasteiger charge is -2.28. The van der Waals surface area contributed by atoms with E-state index in [-0.39, 0.29) is 11.5 Å². The van der Waals surface area contributed by atoms with Crippen molar-refractivity contribution in [1.82, 2.24) is 0 Å². The highest BCUT2D eigenvalue weighted by atomic mass is 16.3. The number of benzene rings is 6. The van der Waals surface area contributed by atoms with E-state index in [0.717, 1.165) is 44.5 Å². The standard InChI is InChI=1S/C50H54O2/c1-3-5-33-7-11-35(12-8-33)37-15-19-39(20-16-37)41-23-27-45-43(31-41)25-29-47(51)49(45)50-46-28-24-42(32-44(46)26-30-48(50)52)40-21-17-38(18-22-40)36-13-9-34(6-4-2)10-14-36/h15-36,51-52H,3-14H2,1-2H3/t33-,34-,35-,36-. The van der Waals surface area contributed by atoms with Crippen molar-refractivity contribution in [2.45, 2.75) is 103 Å². The van der Waals surface area contributed by atoms with Crippen LogP contribution in [0.4, 0.5) is 0 Å². The van der Waals surface area contributed by atoms with Crippen LogP contribution in [-0.4, -0.2) is 10.2 Å². The van der Waals surface area contributed by atoms with Gasteiger partial charge in [0.2, 0.25) is 0 Å². The number of hydrogen-bond acceptors (Lipinski definition) is 2. The van der Waals surface area contributed by atoms with Gasteiger partial charge in [0.1, 0.15) is 11.5 Å². The molecular formula is C50H54O2. The molecule has 2 fully saturated rings. The summed E-state index contributed by atoms with van der Waals surface area (Å²) in [6.07, 6.45) is 16.0. The highest BCUT2D eigenvalue weighted by Crippen LogP contribution is 2.46. The fourth-order valence-electron chi connectivity index (χ4n) is 9.80. The number of aromatic hydroxyl groups is 2. The second-order valence-corrected chi connectivity index (χ2v) is 16.0. The molecule has 2 aliphatic carbocycles. The Morgan fingerprint density at radius 2 is 0.788 bits per heavy atom. The van der Waals surface area contributed by atoms with Gasteiger partial charge < -0.3 is 10.2 Å². The zero-order valence-corrected chi connectivity index (χ0v) is 31.1. The third kappa shape index (κ3) is 6.97. The molecule has 0 heterocycles. The molecule has 2 N–H and O–H groups in total. The van der Waals surface area contributed by atoms with E-state index in [1.54, 1.807) is 12.1 Å². The maximum absolute atomic E-state index is 11.3. The molecule has 0 amide bonds. The van der Waals surface area contributed by atoms with Crippen molar-refractivity contribution >= 4 is 21.5 Å². The molecule has 0 spiro atoms. The summed E-state index contributed by atoms with van der Waals surface area (Å²) in [6, 6.07) is 38.9. The van der Waals surface area contributed by atoms with Gasteiger partial charge in [-0.25, -0.2) is 0 Å². The van der Waals surface area contributed by atoms with Crippen molar-refractivity contribution in [3.63, 3.8) is 0 Å². The Hall–Kier alpha value is -4.56. The molecule has 2 saturated carbocycles. The first-order chi connectivity index (χ1) is 25.5. The first-order valence-corrected chi connectivity index (χ1v) is 20.2. The highest BCUT2D eigenvalue weighted by molar-refractivity contribution is 6.10. The average molecular weight is 687 g/mol. The van der Waals surface area contributed by atoms with Gasteiger partial charge in [-0.05, 0) is 154 Å². The predicted octanol–water partition coefficient (Wildman–Crippen LogP) is 14.6. The first-order valence-electron chi connectivity index (χ1n) is 20.2. The lowest BCUT2D eigenvalue weighted by Crippen LogP contribution is -2.13. The minimum Gasteiger partial charge on any atom is -0.507 e. The van der Waals surface area contributed by atoms with Crippen LogP contribution >= 0.6 is 0 Å². The molecule has 0 aliphatic heterocycles. The van der Waals surface area contributed by atoms with Crippen molar-refractivity contribution in [3.8, 4) is 44.9 Å². The van der Waals surface area contributed by atoms with Gasteiger partial charge in [-0.3, -0.25) is 0 Å². The first kappa shape index (κ1) is 34.5. The molecule has 0 atom stereocenters. The minimum atomic E-state index is 0.171. The molecule has 2 nitrogen and oxygen atoms in total. The van der Waals surface area contributed by atoms with Crippen LogP contribution in [-0.2, 0) is 0 Å². The molecule has 0 unspecified atom stereocenters. The van der Waals surface area contributed by atoms with Crippen molar-refractivity contribution in [1.29, 1.82) is 0 Å². The van der Waals surface area contributed by atoms with Crippen LogP contribution in [0.3, 0.4) is 0 Å². The highest BCUT2D eigenvalue weighted by Gasteiger charge is 2.23. The number of phenolic OH excluding ortho intramolecular Hbond substituents is 2. The van der Waals surface area contributed by atoms with E-state index in [0.29, 0.717) is 23.0 Å². The summed E-state index contributed by atoms with van der Waals surface area (Å²) in [6.45, 7) is 4.62. The molecule has 0 saturated heterocycles. The zero-order chi connectivity index (χ0) is 35.6. The normalized spacial score (nSPS) is 20.7. The van der Waals surface area contributed by atoms with Crippen LogP contribution in [0.2, 0.25) is 0 Å². The average Bonchev–Trinajstić information content (AvgIpc) is 3.19. The van der Waals surface area contributed by atoms with Gasteiger partial charge >= 0.3 is 0 Å². The summed E-state index contributed by atoms with van der Waals surface area (Å²) in [5.74, 6) is 3.54. The summed E-state index contributed by atoms with van der Waals surface area (Å²) < 4.78 is 0. The van der Waals surface area contributed by atoms with Crippen molar-refractivity contribution in [2.75, 3.05) is 0 Å². The molecule has 0 radical (unpaired) electrons. The number of phenols is 2. The van der Waals surface area contributed by atoms with Crippen LogP contribution in [0.1, 0.15) is 114 Å². The van der Waals surface area contributed by atoms with Gasteiger partial charge in [-0.1, -0.05) is 124 Å². The molecule has 6 aromatic carbocycles. The fourth-order valence-corrected chi connectivity index (χ4v) is 9.80. The monoisotopic (exact) mass is 686 g/mol. The van der Waals surface area contributed by atoms with Crippen molar-refractivity contribution in [3.05, 3.63) is 120 Å². The van der Waals surface area contributed by atoms with Gasteiger partial charge in [0, 0.05) is 11.1 Å². The molecule has 2 aliphatic rings. The number of rotatable bonds is 9. The molecule has 0 bridgehead atoms. The number of hydrogen-bond donors (Lipinski definition) is 2. The van der Waals surface area contributed by atoms with Gasteiger partial charge in [0.25, 0.3) is 0 Å². The molecule has 0 aromatic heterocycles. The van der Waals surface area contributed by atoms with E-state index < -0.39 is 0 Å². The Morgan fingerprint density at radius 1 is 0.423 bits per heavy atom. The lowest BCUT2D eigenvalue weighted by molar-refractivity contribution is 0.308. The van der Waals surface area contributed by atoms with E-state index in [4.69, 9.17) is 0 Å². The van der Waals surface area contributed by atoms with Gasteiger partial charge in [-0.15, -0.1) is 0 Å². The summed E-state index contributed by atoms with van der Waals surface area (Å²) in [5, 5.41) is 26.6.